The minimum absolute atomic E-state index is 0.310. The lowest BCUT2D eigenvalue weighted by atomic mass is 10.3. The monoisotopic (exact) mass is 225 g/mol. The molecule has 0 aliphatic rings. The topological polar surface area (TPSA) is 101 Å². The Balaban J connectivity index is 2.18. The van der Waals surface area contributed by atoms with Crippen LogP contribution in [-0.2, 0) is 16.2 Å². The van der Waals surface area contributed by atoms with Crippen LogP contribution in [0.25, 0.3) is 0 Å². The van der Waals surface area contributed by atoms with Gasteiger partial charge in [-0.25, -0.2) is 15.1 Å². The van der Waals surface area contributed by atoms with Crippen molar-refractivity contribution in [2.24, 2.45) is 0 Å². The third-order valence-electron chi connectivity index (χ3n) is 1.56. The van der Waals surface area contributed by atoms with Crippen LogP contribution in [0.15, 0.2) is 24.5 Å². The van der Waals surface area contributed by atoms with Gasteiger partial charge in [-0.3, -0.25) is 9.82 Å². The molecule has 1 heterocycles. The van der Waals surface area contributed by atoms with Crippen LogP contribution in [0.2, 0.25) is 0 Å². The van der Waals surface area contributed by atoms with Crippen molar-refractivity contribution in [1.29, 1.82) is 0 Å². The van der Waals surface area contributed by atoms with Gasteiger partial charge in [0.25, 0.3) is 0 Å². The predicted molar refractivity (Wildman–Crippen MR) is 53.2 cm³/mol. The van der Waals surface area contributed by atoms with Crippen molar-refractivity contribution in [3.05, 3.63) is 30.1 Å². The lowest BCUT2D eigenvalue weighted by Crippen LogP contribution is -2.36. The van der Waals surface area contributed by atoms with E-state index in [4.69, 9.17) is 5.11 Å². The first-order valence-corrected chi connectivity index (χ1v) is 4.45. The van der Waals surface area contributed by atoms with Crippen molar-refractivity contribution >= 4 is 12.0 Å². The molecule has 86 valence electrons. The molecule has 0 saturated carbocycles. The third-order valence-corrected chi connectivity index (χ3v) is 1.56. The van der Waals surface area contributed by atoms with E-state index in [9.17, 15) is 9.59 Å². The molecule has 7 heteroatoms. The van der Waals surface area contributed by atoms with E-state index in [1.807, 2.05) is 5.48 Å². The zero-order valence-corrected chi connectivity index (χ0v) is 8.34. The van der Waals surface area contributed by atoms with Gasteiger partial charge in [-0.05, 0) is 17.7 Å². The summed E-state index contributed by atoms with van der Waals surface area (Å²) in [4.78, 5) is 29.3. The Hall–Kier alpha value is -2.15. The number of rotatable bonds is 5. The zero-order valence-electron chi connectivity index (χ0n) is 8.34. The Kier molecular flexibility index (Phi) is 4.74. The lowest BCUT2D eigenvalue weighted by Gasteiger charge is -2.06. The fourth-order valence-electron chi connectivity index (χ4n) is 0.882. The number of pyridine rings is 1. The van der Waals surface area contributed by atoms with Gasteiger partial charge in [0.2, 0.25) is 0 Å². The zero-order chi connectivity index (χ0) is 11.8. The lowest BCUT2D eigenvalue weighted by molar-refractivity contribution is -0.144. The fraction of sp³-hybridized carbons (Fsp3) is 0.222. The van der Waals surface area contributed by atoms with E-state index in [1.165, 1.54) is 0 Å². The van der Waals surface area contributed by atoms with Crippen LogP contribution >= 0.6 is 0 Å². The molecule has 0 aromatic carbocycles. The van der Waals surface area contributed by atoms with E-state index in [-0.39, 0.29) is 0 Å². The highest BCUT2D eigenvalue weighted by Gasteiger charge is 2.01. The van der Waals surface area contributed by atoms with Crippen molar-refractivity contribution in [3.8, 4) is 0 Å². The molecule has 7 nitrogen and oxygen atoms in total. The normalized spacial score (nSPS) is 9.50. The van der Waals surface area contributed by atoms with Crippen LogP contribution in [0.5, 0.6) is 0 Å². The Morgan fingerprint density at radius 3 is 2.69 bits per heavy atom. The van der Waals surface area contributed by atoms with Gasteiger partial charge in [0.1, 0.15) is 0 Å². The number of carbonyl (C=O) groups is 2. The summed E-state index contributed by atoms with van der Waals surface area (Å²) in [5, 5.41) is 10.7. The molecule has 0 bridgehead atoms. The van der Waals surface area contributed by atoms with Crippen LogP contribution in [0, 0.1) is 0 Å². The average Bonchev–Trinajstić information content (AvgIpc) is 2.27. The molecular weight excluding hydrogens is 214 g/mol. The molecule has 2 amide bonds. The van der Waals surface area contributed by atoms with Crippen molar-refractivity contribution in [3.63, 3.8) is 0 Å². The number of amides is 2. The molecule has 0 spiro atoms. The quantitative estimate of drug-likeness (QED) is 0.607. The second-order valence-corrected chi connectivity index (χ2v) is 2.82. The van der Waals surface area contributed by atoms with E-state index in [0.717, 1.165) is 5.56 Å². The number of carbonyl (C=O) groups excluding carboxylic acids is 1. The average molecular weight is 225 g/mol. The van der Waals surface area contributed by atoms with Crippen LogP contribution in [0.4, 0.5) is 4.79 Å². The maximum Gasteiger partial charge on any atom is 0.338 e. The molecule has 0 unspecified atom stereocenters. The molecule has 0 aliphatic heterocycles. The number of urea groups is 1. The first-order valence-electron chi connectivity index (χ1n) is 4.45. The Morgan fingerprint density at radius 2 is 2.06 bits per heavy atom. The number of carboxylic acids is 1. The van der Waals surface area contributed by atoms with Gasteiger partial charge >= 0.3 is 12.0 Å². The number of hydrogen-bond donors (Lipinski definition) is 3. The minimum atomic E-state index is -1.16. The van der Waals surface area contributed by atoms with Crippen LogP contribution < -0.4 is 10.8 Å². The summed E-state index contributed by atoms with van der Waals surface area (Å²) in [7, 11) is 0. The molecule has 3 N–H and O–H groups in total. The van der Waals surface area contributed by atoms with E-state index in [1.54, 1.807) is 24.5 Å². The van der Waals surface area contributed by atoms with Crippen molar-refractivity contribution in [1.82, 2.24) is 15.8 Å². The number of hydroxylamine groups is 1. The summed E-state index contributed by atoms with van der Waals surface area (Å²) in [5.41, 5.74) is 2.82. The van der Waals surface area contributed by atoms with Gasteiger partial charge in [0, 0.05) is 18.9 Å². The van der Waals surface area contributed by atoms with Crippen LogP contribution in [-0.4, -0.2) is 28.7 Å². The largest absolute Gasteiger partial charge is 0.479 e. The molecule has 1 rings (SSSR count). The Bertz CT molecular complexity index is 355. The number of aromatic nitrogens is 1. The van der Waals surface area contributed by atoms with Gasteiger partial charge in [-0.2, -0.15) is 0 Å². The first-order chi connectivity index (χ1) is 7.68. The Morgan fingerprint density at radius 1 is 1.38 bits per heavy atom. The smallest absolute Gasteiger partial charge is 0.338 e. The van der Waals surface area contributed by atoms with Gasteiger partial charge in [0.15, 0.2) is 6.61 Å². The summed E-state index contributed by atoms with van der Waals surface area (Å²) in [6.07, 6.45) is 3.21. The minimum Gasteiger partial charge on any atom is -0.479 e. The van der Waals surface area contributed by atoms with Crippen LogP contribution in [0.1, 0.15) is 5.56 Å². The molecule has 0 atom stereocenters. The number of aliphatic carboxylic acids is 1. The molecule has 0 radical (unpaired) electrons. The summed E-state index contributed by atoms with van der Waals surface area (Å²) in [6.45, 7) is -0.270. The number of nitrogens with zero attached hydrogens (tertiary/aromatic N) is 1. The summed E-state index contributed by atoms with van der Waals surface area (Å²) < 4.78 is 0. The number of nitrogens with one attached hydrogen (secondary N) is 2. The van der Waals surface area contributed by atoms with Gasteiger partial charge < -0.3 is 10.4 Å². The molecular formula is C9H11N3O4. The van der Waals surface area contributed by atoms with E-state index >= 15 is 0 Å². The molecule has 0 saturated heterocycles. The summed E-state index contributed by atoms with van der Waals surface area (Å²) >= 11 is 0. The molecule has 1 aromatic heterocycles. The van der Waals surface area contributed by atoms with E-state index < -0.39 is 18.6 Å². The predicted octanol–water partition coefficient (Wildman–Crippen LogP) is -0.103. The maximum atomic E-state index is 11.0. The standard InChI is InChI=1S/C9H11N3O4/c13-8(14)6-16-12-9(15)11-5-7-1-3-10-4-2-7/h1-4H,5-6H2,(H,13,14)(H2,11,12,15). The molecule has 0 fully saturated rings. The van der Waals surface area contributed by atoms with E-state index in [0.29, 0.717) is 6.54 Å². The van der Waals surface area contributed by atoms with Crippen LogP contribution in [0.3, 0.4) is 0 Å². The van der Waals surface area contributed by atoms with Gasteiger partial charge in [-0.1, -0.05) is 0 Å². The highest BCUT2D eigenvalue weighted by Crippen LogP contribution is 1.94. The second kappa shape index (κ2) is 6.36. The number of hydrogen-bond acceptors (Lipinski definition) is 4. The number of carboxylic acid groups (broad SMARTS) is 1. The summed E-state index contributed by atoms with van der Waals surface area (Å²) in [5.74, 6) is -1.16. The molecule has 0 aliphatic carbocycles. The molecule has 1 aromatic rings. The van der Waals surface area contributed by atoms with Crippen molar-refractivity contribution in [2.45, 2.75) is 6.54 Å². The highest BCUT2D eigenvalue weighted by molar-refractivity contribution is 5.73. The molecule has 16 heavy (non-hydrogen) atoms. The van der Waals surface area contributed by atoms with Gasteiger partial charge in [0.05, 0.1) is 0 Å². The SMILES string of the molecule is O=C(O)CONC(=O)NCc1ccncc1. The first kappa shape index (κ1) is 11.9. The van der Waals surface area contributed by atoms with E-state index in [2.05, 4.69) is 15.1 Å². The fourth-order valence-corrected chi connectivity index (χ4v) is 0.882. The van der Waals surface area contributed by atoms with Crippen molar-refractivity contribution < 1.29 is 19.5 Å². The third kappa shape index (κ3) is 4.91. The Labute approximate surface area is 91.4 Å². The maximum absolute atomic E-state index is 11.0. The van der Waals surface area contributed by atoms with Crippen molar-refractivity contribution in [2.75, 3.05) is 6.61 Å². The second-order valence-electron chi connectivity index (χ2n) is 2.82. The highest BCUT2D eigenvalue weighted by atomic mass is 16.7. The van der Waals surface area contributed by atoms with Gasteiger partial charge in [-0.15, -0.1) is 0 Å². The summed E-state index contributed by atoms with van der Waals surface area (Å²) in [6, 6.07) is 2.90.